The number of allylic oxidation sites excluding steroid dienone is 1. The van der Waals surface area contributed by atoms with Gasteiger partial charge in [-0.05, 0) is 44.0 Å². The van der Waals surface area contributed by atoms with Gasteiger partial charge in [0, 0.05) is 50.5 Å². The minimum atomic E-state index is -0.631. The lowest BCUT2D eigenvalue weighted by Crippen LogP contribution is -2.50. The molecule has 0 aliphatic carbocycles. The number of unbranched alkanes of at least 4 members (excludes halogenated alkanes) is 8. The number of piperazine rings is 1. The fourth-order valence-corrected chi connectivity index (χ4v) is 5.99. The van der Waals surface area contributed by atoms with Crippen molar-refractivity contribution < 1.29 is 23.5 Å². The molecular formula is C38H49FN4O5. The number of hydrogen-bond acceptors (Lipinski definition) is 6. The third-order valence-corrected chi connectivity index (χ3v) is 8.70. The third kappa shape index (κ3) is 10.3. The van der Waals surface area contributed by atoms with E-state index in [1.54, 1.807) is 40.1 Å². The number of esters is 1. The van der Waals surface area contributed by atoms with Crippen molar-refractivity contribution in [2.75, 3.05) is 26.2 Å². The van der Waals surface area contributed by atoms with Crippen LogP contribution in [0, 0.1) is 5.82 Å². The monoisotopic (exact) mass is 660 g/mol. The number of fused-ring (bicyclic) bond motifs is 1. The van der Waals surface area contributed by atoms with Gasteiger partial charge in [0.15, 0.2) is 6.73 Å². The highest BCUT2D eigenvalue weighted by molar-refractivity contribution is 5.95. The molecule has 2 heterocycles. The first-order valence-electron chi connectivity index (χ1n) is 17.3. The first-order chi connectivity index (χ1) is 23.2. The van der Waals surface area contributed by atoms with Crippen LogP contribution in [-0.2, 0) is 27.5 Å². The summed E-state index contributed by atoms with van der Waals surface area (Å²) in [6, 6.07) is 11.5. The van der Waals surface area contributed by atoms with Crippen molar-refractivity contribution in [1.82, 2.24) is 19.6 Å². The van der Waals surface area contributed by atoms with E-state index in [0.717, 1.165) is 29.5 Å². The van der Waals surface area contributed by atoms with Crippen LogP contribution in [0.15, 0.2) is 58.9 Å². The Hall–Kier alpha value is -4.34. The molecule has 2 aromatic carbocycles. The number of carbonyl (C=O) groups is 3. The highest BCUT2D eigenvalue weighted by Gasteiger charge is 2.26. The van der Waals surface area contributed by atoms with Gasteiger partial charge in [0.05, 0.1) is 16.6 Å². The van der Waals surface area contributed by atoms with Crippen molar-refractivity contribution in [3.05, 3.63) is 87.1 Å². The van der Waals surface area contributed by atoms with Crippen LogP contribution in [0.5, 0.6) is 0 Å². The average molecular weight is 661 g/mol. The molecule has 48 heavy (non-hydrogen) atoms. The zero-order valence-electron chi connectivity index (χ0n) is 28.6. The molecule has 0 bridgehead atoms. The number of rotatable bonds is 16. The normalized spacial score (nSPS) is 13.1. The largest absolute Gasteiger partial charge is 0.442 e. The molecule has 0 atom stereocenters. The maximum Gasteiger partial charge on any atom is 0.307 e. The van der Waals surface area contributed by atoms with E-state index in [9.17, 15) is 23.6 Å². The Morgan fingerprint density at radius 2 is 1.48 bits per heavy atom. The van der Waals surface area contributed by atoms with Crippen molar-refractivity contribution in [3.63, 3.8) is 0 Å². The zero-order valence-corrected chi connectivity index (χ0v) is 28.6. The number of halogens is 1. The average Bonchev–Trinajstić information content (AvgIpc) is 3.08. The van der Waals surface area contributed by atoms with E-state index in [0.29, 0.717) is 48.2 Å². The van der Waals surface area contributed by atoms with Gasteiger partial charge in [0.1, 0.15) is 5.82 Å². The number of benzene rings is 2. The Balaban J connectivity index is 1.39. The number of amides is 2. The maximum atomic E-state index is 15.0. The predicted octanol–water partition coefficient (Wildman–Crippen LogP) is 6.80. The second-order valence-corrected chi connectivity index (χ2v) is 12.9. The van der Waals surface area contributed by atoms with Crippen LogP contribution in [0.3, 0.4) is 0 Å². The van der Waals surface area contributed by atoms with Crippen LogP contribution in [0.25, 0.3) is 10.8 Å². The molecule has 1 aliphatic heterocycles. The number of hydrogen-bond donors (Lipinski definition) is 0. The summed E-state index contributed by atoms with van der Waals surface area (Å²) >= 11 is 0. The minimum absolute atomic E-state index is 0.0559. The highest BCUT2D eigenvalue weighted by Crippen LogP contribution is 2.21. The number of aromatic nitrogens is 2. The first-order valence-corrected chi connectivity index (χ1v) is 17.3. The SMILES string of the molecule is CCCCCCCCCCCC(=O)OCn1nc(Cc2ccc(F)c(C(=O)N3CCN(C(=O)C=C(C)C)CC3)c2)c2ccccc2c1=O. The molecule has 4 rings (SSSR count). The van der Waals surface area contributed by atoms with Crippen LogP contribution >= 0.6 is 0 Å². The molecule has 1 saturated heterocycles. The summed E-state index contributed by atoms with van der Waals surface area (Å²) in [5.41, 5.74) is 1.65. The topological polar surface area (TPSA) is 102 Å². The van der Waals surface area contributed by atoms with E-state index >= 15 is 0 Å². The van der Waals surface area contributed by atoms with Gasteiger partial charge in [-0.3, -0.25) is 19.2 Å². The molecule has 1 fully saturated rings. The van der Waals surface area contributed by atoms with E-state index in [4.69, 9.17) is 4.74 Å². The van der Waals surface area contributed by atoms with Gasteiger partial charge in [0.25, 0.3) is 11.5 Å². The fraction of sp³-hybridized carbons (Fsp3) is 0.500. The standard InChI is InChI=1S/C38H49FN4O5/c1-4-5-6-7-8-9-10-11-12-17-36(45)48-27-43-38(47)31-16-14-13-15-30(31)34(40-43)26-29-18-19-33(39)32(25-29)37(46)42-22-20-41(21-23-42)35(44)24-28(2)3/h13-16,18-19,24-25H,4-12,17,20-23,26-27H2,1-3H3. The summed E-state index contributed by atoms with van der Waals surface area (Å²) in [4.78, 5) is 54.7. The number of ether oxygens (including phenoxy) is 1. The Labute approximate surface area is 282 Å². The summed E-state index contributed by atoms with van der Waals surface area (Å²) in [6.07, 6.45) is 12.4. The van der Waals surface area contributed by atoms with Crippen LogP contribution < -0.4 is 5.56 Å². The van der Waals surface area contributed by atoms with Crippen LogP contribution in [0.4, 0.5) is 4.39 Å². The quantitative estimate of drug-likeness (QED) is 0.0952. The van der Waals surface area contributed by atoms with Crippen LogP contribution in [-0.4, -0.2) is 63.5 Å². The summed E-state index contributed by atoms with van der Waals surface area (Å²) in [6.45, 7) is 6.97. The molecule has 0 radical (unpaired) electrons. The predicted molar refractivity (Wildman–Crippen MR) is 185 cm³/mol. The molecular weight excluding hydrogens is 611 g/mol. The van der Waals surface area contributed by atoms with Crippen LogP contribution in [0.2, 0.25) is 0 Å². The lowest BCUT2D eigenvalue weighted by Gasteiger charge is -2.34. The van der Waals surface area contributed by atoms with Crippen molar-refractivity contribution in [3.8, 4) is 0 Å². The van der Waals surface area contributed by atoms with Gasteiger partial charge in [-0.15, -0.1) is 0 Å². The second-order valence-electron chi connectivity index (χ2n) is 12.9. The van der Waals surface area contributed by atoms with Crippen LogP contribution in [0.1, 0.15) is 107 Å². The number of carbonyl (C=O) groups excluding carboxylic acids is 3. The molecule has 1 aromatic heterocycles. The Morgan fingerprint density at radius 3 is 2.15 bits per heavy atom. The summed E-state index contributed by atoms with van der Waals surface area (Å²) < 4.78 is 21.6. The van der Waals surface area contributed by atoms with E-state index in [1.807, 2.05) is 19.9 Å². The molecule has 258 valence electrons. The molecule has 0 N–H and O–H groups in total. The van der Waals surface area contributed by atoms with Crippen molar-refractivity contribution in [2.45, 2.75) is 98.1 Å². The van der Waals surface area contributed by atoms with Gasteiger partial charge in [-0.2, -0.15) is 9.78 Å². The lowest BCUT2D eigenvalue weighted by molar-refractivity contribution is -0.148. The van der Waals surface area contributed by atoms with Crippen molar-refractivity contribution in [1.29, 1.82) is 0 Å². The fourth-order valence-electron chi connectivity index (χ4n) is 5.99. The van der Waals surface area contributed by atoms with Gasteiger partial charge < -0.3 is 14.5 Å². The molecule has 9 nitrogen and oxygen atoms in total. The van der Waals surface area contributed by atoms with E-state index in [2.05, 4.69) is 12.0 Å². The Kier molecular flexibility index (Phi) is 13.9. The maximum absolute atomic E-state index is 15.0. The smallest absolute Gasteiger partial charge is 0.307 e. The first kappa shape index (κ1) is 36.5. The second kappa shape index (κ2) is 18.3. The number of nitrogens with zero attached hydrogens (tertiary/aromatic N) is 4. The molecule has 10 heteroatoms. The summed E-state index contributed by atoms with van der Waals surface area (Å²) in [7, 11) is 0. The van der Waals surface area contributed by atoms with Gasteiger partial charge >= 0.3 is 5.97 Å². The molecule has 1 aliphatic rings. The summed E-state index contributed by atoms with van der Waals surface area (Å²) in [5, 5.41) is 5.61. The van der Waals surface area contributed by atoms with E-state index < -0.39 is 11.7 Å². The lowest BCUT2D eigenvalue weighted by atomic mass is 10.0. The molecule has 3 aromatic rings. The minimum Gasteiger partial charge on any atom is -0.442 e. The molecule has 2 amide bonds. The Bertz CT molecular complexity index is 1650. The molecule has 0 saturated carbocycles. The van der Waals surface area contributed by atoms with E-state index in [-0.39, 0.29) is 42.6 Å². The zero-order chi connectivity index (χ0) is 34.5. The van der Waals surface area contributed by atoms with Gasteiger partial charge in [-0.1, -0.05) is 88.1 Å². The van der Waals surface area contributed by atoms with Crippen molar-refractivity contribution in [2.24, 2.45) is 0 Å². The highest BCUT2D eigenvalue weighted by atomic mass is 19.1. The molecule has 0 unspecified atom stereocenters. The third-order valence-electron chi connectivity index (χ3n) is 8.70. The van der Waals surface area contributed by atoms with Gasteiger partial charge in [-0.25, -0.2) is 4.39 Å². The van der Waals surface area contributed by atoms with Crippen molar-refractivity contribution >= 4 is 28.6 Å². The van der Waals surface area contributed by atoms with Gasteiger partial charge in [0.2, 0.25) is 5.91 Å². The summed E-state index contributed by atoms with van der Waals surface area (Å²) in [5.74, 6) is -1.53. The Morgan fingerprint density at radius 1 is 0.854 bits per heavy atom. The van der Waals surface area contributed by atoms with E-state index in [1.165, 1.54) is 50.7 Å². The molecule has 0 spiro atoms.